The van der Waals surface area contributed by atoms with Gasteiger partial charge < -0.3 is 19.4 Å². The summed E-state index contributed by atoms with van der Waals surface area (Å²) in [6.45, 7) is 5.18. The fourth-order valence-corrected chi connectivity index (χ4v) is 4.24. The second kappa shape index (κ2) is 7.24. The van der Waals surface area contributed by atoms with Gasteiger partial charge in [-0.15, -0.1) is 0 Å². The van der Waals surface area contributed by atoms with Gasteiger partial charge in [-0.2, -0.15) is 0 Å². The van der Waals surface area contributed by atoms with Gasteiger partial charge in [-0.25, -0.2) is 9.97 Å². The van der Waals surface area contributed by atoms with E-state index in [9.17, 15) is 4.79 Å². The molecule has 0 spiro atoms. The molecule has 7 nitrogen and oxygen atoms in total. The van der Waals surface area contributed by atoms with Crippen LogP contribution in [0.25, 0.3) is 11.1 Å². The predicted octanol–water partition coefficient (Wildman–Crippen LogP) is 3.91. The zero-order valence-electron chi connectivity index (χ0n) is 17.2. The molecule has 1 aromatic carbocycles. The van der Waals surface area contributed by atoms with Crippen molar-refractivity contribution in [3.05, 3.63) is 47.0 Å². The Kier molecular flexibility index (Phi) is 4.66. The minimum Gasteiger partial charge on any atom is -0.490 e. The number of benzene rings is 1. The van der Waals surface area contributed by atoms with Crippen LogP contribution in [0, 0.1) is 6.92 Å². The van der Waals surface area contributed by atoms with Crippen LogP contribution in [0.3, 0.4) is 0 Å². The number of carbonyl (C=O) groups excluding carboxylic acids is 1. The molecular formula is C22H25N4O3P. The first kappa shape index (κ1) is 19.3. The average Bonchev–Trinajstić information content (AvgIpc) is 3.35. The molecule has 1 amide bonds. The second-order valence-electron chi connectivity index (χ2n) is 8.34. The van der Waals surface area contributed by atoms with Gasteiger partial charge in [0.25, 0.3) is 5.91 Å². The van der Waals surface area contributed by atoms with Gasteiger partial charge in [0.1, 0.15) is 30.0 Å². The van der Waals surface area contributed by atoms with E-state index in [-0.39, 0.29) is 11.4 Å². The van der Waals surface area contributed by atoms with Gasteiger partial charge in [-0.1, -0.05) is 15.3 Å². The molecule has 1 aliphatic heterocycles. The number of hydrogen-bond donors (Lipinski definition) is 1. The predicted molar refractivity (Wildman–Crippen MR) is 118 cm³/mol. The lowest BCUT2D eigenvalue weighted by atomic mass is 9.98. The lowest BCUT2D eigenvalue weighted by molar-refractivity contribution is 0.0734. The summed E-state index contributed by atoms with van der Waals surface area (Å²) in [5.41, 5.74) is 3.42. The van der Waals surface area contributed by atoms with E-state index in [4.69, 9.17) is 9.15 Å². The van der Waals surface area contributed by atoms with E-state index in [1.807, 2.05) is 24.0 Å². The van der Waals surface area contributed by atoms with Crippen LogP contribution in [0.4, 0.5) is 5.82 Å². The molecule has 2 aliphatic rings. The zero-order valence-corrected chi connectivity index (χ0v) is 18.4. The van der Waals surface area contributed by atoms with Crippen molar-refractivity contribution in [1.29, 1.82) is 0 Å². The Labute approximate surface area is 177 Å². The molecule has 1 atom stereocenters. The van der Waals surface area contributed by atoms with Crippen molar-refractivity contribution < 1.29 is 13.9 Å². The van der Waals surface area contributed by atoms with Crippen molar-refractivity contribution in [2.24, 2.45) is 0 Å². The zero-order chi connectivity index (χ0) is 20.9. The van der Waals surface area contributed by atoms with Crippen LogP contribution in [-0.2, 0) is 13.0 Å². The molecule has 0 bridgehead atoms. The van der Waals surface area contributed by atoms with E-state index in [2.05, 4.69) is 37.5 Å². The summed E-state index contributed by atoms with van der Waals surface area (Å²) in [6.07, 6.45) is 5.01. The van der Waals surface area contributed by atoms with Crippen LogP contribution in [-0.4, -0.2) is 39.2 Å². The lowest BCUT2D eigenvalue weighted by Gasteiger charge is -2.29. The van der Waals surface area contributed by atoms with Gasteiger partial charge in [0.2, 0.25) is 5.71 Å². The highest BCUT2D eigenvalue weighted by molar-refractivity contribution is 7.16. The van der Waals surface area contributed by atoms with Gasteiger partial charge >= 0.3 is 0 Å². The number of aryl methyl sites for hydroxylation is 1. The largest absolute Gasteiger partial charge is 0.490 e. The summed E-state index contributed by atoms with van der Waals surface area (Å²) in [4.78, 5) is 24.2. The third kappa shape index (κ3) is 3.41. The average molecular weight is 424 g/mol. The topological polar surface area (TPSA) is 80.5 Å². The number of nitrogens with one attached hydrogen (secondary N) is 1. The Morgan fingerprint density at radius 2 is 2.17 bits per heavy atom. The number of aromatic nitrogens is 2. The summed E-state index contributed by atoms with van der Waals surface area (Å²) >= 11 is 0. The lowest BCUT2D eigenvalue weighted by Crippen LogP contribution is -2.36. The Morgan fingerprint density at radius 3 is 2.93 bits per heavy atom. The Balaban J connectivity index is 1.49. The highest BCUT2D eigenvalue weighted by Crippen LogP contribution is 2.40. The van der Waals surface area contributed by atoms with E-state index >= 15 is 0 Å². The molecule has 156 valence electrons. The third-order valence-electron chi connectivity index (χ3n) is 6.03. The maximum absolute atomic E-state index is 13.6. The molecule has 0 saturated heterocycles. The molecule has 5 rings (SSSR count). The van der Waals surface area contributed by atoms with Crippen LogP contribution in [0.5, 0.6) is 5.75 Å². The number of rotatable bonds is 5. The van der Waals surface area contributed by atoms with E-state index in [0.717, 1.165) is 30.6 Å². The highest BCUT2D eigenvalue weighted by Gasteiger charge is 2.39. The Hall–Kier alpha value is -2.66. The van der Waals surface area contributed by atoms with Gasteiger partial charge in [-0.05, 0) is 56.4 Å². The number of carbonyl (C=O) groups is 1. The summed E-state index contributed by atoms with van der Waals surface area (Å²) in [7, 11) is 2.56. The molecule has 1 N–H and O–H groups in total. The second-order valence-corrected chi connectivity index (χ2v) is 8.67. The van der Waals surface area contributed by atoms with E-state index in [1.54, 1.807) is 0 Å². The third-order valence-corrected chi connectivity index (χ3v) is 6.19. The number of amides is 1. The minimum absolute atomic E-state index is 0.0325. The number of furan rings is 1. The molecule has 30 heavy (non-hydrogen) atoms. The molecule has 8 heteroatoms. The SMILES string of the molecule is Cc1oc2ncnc(NC3(C)CC3)c2c1C(=O)N1CCc2ccc(OCP)cc2C1. The molecule has 3 aromatic rings. The van der Waals surface area contributed by atoms with E-state index in [1.165, 1.54) is 11.9 Å². The van der Waals surface area contributed by atoms with Crippen LogP contribution in [0.15, 0.2) is 28.9 Å². The van der Waals surface area contributed by atoms with Crippen LogP contribution < -0.4 is 10.1 Å². The van der Waals surface area contributed by atoms with Crippen molar-refractivity contribution >= 4 is 32.1 Å². The highest BCUT2D eigenvalue weighted by atomic mass is 31.0. The van der Waals surface area contributed by atoms with Crippen molar-refractivity contribution in [2.45, 2.75) is 45.2 Å². The monoisotopic (exact) mass is 424 g/mol. The first-order valence-corrected chi connectivity index (χ1v) is 11.1. The number of hydrogen-bond acceptors (Lipinski definition) is 6. The first-order chi connectivity index (χ1) is 14.5. The quantitative estimate of drug-likeness (QED) is 0.626. The number of fused-ring (bicyclic) bond motifs is 2. The molecule has 3 heterocycles. The smallest absolute Gasteiger partial charge is 0.258 e. The summed E-state index contributed by atoms with van der Waals surface area (Å²) in [5, 5.41) is 4.16. The Morgan fingerprint density at radius 1 is 1.33 bits per heavy atom. The van der Waals surface area contributed by atoms with Crippen LogP contribution in [0.2, 0.25) is 0 Å². The summed E-state index contributed by atoms with van der Waals surface area (Å²) < 4.78 is 11.5. The van der Waals surface area contributed by atoms with Crippen LogP contribution in [0.1, 0.15) is 47.0 Å². The standard InChI is InChI=1S/C22H25N4O3P/c1-13-17(18-19(25-22(2)6-7-22)23-11-24-20(18)29-13)21(27)26-8-5-14-3-4-16(28-12-30)9-15(14)10-26/h3-4,9,11H,5-8,10,12,30H2,1-2H3,(H,23,24,25). The number of nitrogens with zero attached hydrogens (tertiary/aromatic N) is 3. The van der Waals surface area contributed by atoms with E-state index < -0.39 is 0 Å². The molecule has 0 radical (unpaired) electrons. The van der Waals surface area contributed by atoms with Gasteiger partial charge in [0.15, 0.2) is 0 Å². The normalized spacial score (nSPS) is 17.0. The summed E-state index contributed by atoms with van der Waals surface area (Å²) in [5.74, 6) is 2.02. The minimum atomic E-state index is -0.0481. The van der Waals surface area contributed by atoms with Crippen molar-refractivity contribution in [2.75, 3.05) is 18.2 Å². The number of ether oxygens (including phenoxy) is 1. The van der Waals surface area contributed by atoms with Crippen molar-refractivity contribution in [1.82, 2.24) is 14.9 Å². The fourth-order valence-electron chi connectivity index (χ4n) is 4.05. The molecular weight excluding hydrogens is 399 g/mol. The van der Waals surface area contributed by atoms with Crippen LogP contribution >= 0.6 is 9.24 Å². The fraction of sp³-hybridized carbons (Fsp3) is 0.409. The molecule has 2 aromatic heterocycles. The maximum Gasteiger partial charge on any atom is 0.258 e. The van der Waals surface area contributed by atoms with Gasteiger partial charge in [-0.3, -0.25) is 4.79 Å². The molecule has 1 unspecified atom stereocenters. The maximum atomic E-state index is 13.6. The first-order valence-electron chi connectivity index (χ1n) is 10.2. The molecule has 1 fully saturated rings. The van der Waals surface area contributed by atoms with Crippen molar-refractivity contribution in [3.8, 4) is 5.75 Å². The van der Waals surface area contributed by atoms with E-state index in [0.29, 0.717) is 47.7 Å². The molecule has 1 saturated carbocycles. The van der Waals surface area contributed by atoms with Gasteiger partial charge in [0, 0.05) is 18.6 Å². The molecule has 1 aliphatic carbocycles. The Bertz CT molecular complexity index is 1140. The van der Waals surface area contributed by atoms with Gasteiger partial charge in [0.05, 0.1) is 10.9 Å². The van der Waals surface area contributed by atoms with Crippen molar-refractivity contribution in [3.63, 3.8) is 0 Å². The summed E-state index contributed by atoms with van der Waals surface area (Å²) in [6, 6.07) is 6.11. The number of anilines is 1.